The van der Waals surface area contributed by atoms with Crippen molar-refractivity contribution in [3.8, 4) is 11.3 Å². The summed E-state index contributed by atoms with van der Waals surface area (Å²) in [5.74, 6) is 0. The van der Waals surface area contributed by atoms with Gasteiger partial charge in [0.2, 0.25) is 0 Å². The molecule has 3 heterocycles. The topological polar surface area (TPSA) is 79.1 Å². The van der Waals surface area contributed by atoms with Crippen molar-refractivity contribution in [3.63, 3.8) is 0 Å². The summed E-state index contributed by atoms with van der Waals surface area (Å²) in [4.78, 5) is 14.6. The molecule has 0 spiro atoms. The first-order valence-corrected chi connectivity index (χ1v) is 8.87. The van der Waals surface area contributed by atoms with Gasteiger partial charge in [0, 0.05) is 49.6 Å². The highest BCUT2D eigenvalue weighted by Gasteiger charge is 2.23. The van der Waals surface area contributed by atoms with Gasteiger partial charge in [-0.05, 0) is 6.42 Å². The van der Waals surface area contributed by atoms with E-state index in [0.29, 0.717) is 13.1 Å². The van der Waals surface area contributed by atoms with Crippen molar-refractivity contribution in [3.05, 3.63) is 63.7 Å². The molecule has 1 aromatic carbocycles. The highest BCUT2D eigenvalue weighted by Crippen LogP contribution is 2.24. The van der Waals surface area contributed by atoms with Gasteiger partial charge in [0.25, 0.3) is 5.56 Å². The number of nitrogens with one attached hydrogen (secondary N) is 1. The molecule has 2 N–H and O–H groups in total. The largest absolute Gasteiger partial charge is 0.394 e. The van der Waals surface area contributed by atoms with Gasteiger partial charge in [0.15, 0.2) is 0 Å². The van der Waals surface area contributed by atoms with Gasteiger partial charge in [0.1, 0.15) is 0 Å². The average molecular weight is 353 g/mol. The Morgan fingerprint density at radius 2 is 2.08 bits per heavy atom. The normalized spacial score (nSPS) is 14.5. The zero-order valence-corrected chi connectivity index (χ0v) is 14.9. The van der Waals surface area contributed by atoms with Crippen molar-refractivity contribution in [1.82, 2.24) is 24.5 Å². The van der Waals surface area contributed by atoms with Crippen molar-refractivity contribution in [2.45, 2.75) is 26.1 Å². The molecule has 0 aliphatic carbocycles. The molecular formula is C19H23N5O2. The van der Waals surface area contributed by atoms with Crippen molar-refractivity contribution in [2.24, 2.45) is 7.05 Å². The van der Waals surface area contributed by atoms with E-state index in [1.165, 1.54) is 10.2 Å². The van der Waals surface area contributed by atoms with Crippen LogP contribution in [0.1, 0.15) is 16.8 Å². The summed E-state index contributed by atoms with van der Waals surface area (Å²) in [6.45, 7) is 2.59. The molecule has 7 heteroatoms. The molecule has 0 atom stereocenters. The van der Waals surface area contributed by atoms with Gasteiger partial charge in [-0.3, -0.25) is 24.2 Å². The second-order valence-electron chi connectivity index (χ2n) is 6.75. The summed E-state index contributed by atoms with van der Waals surface area (Å²) in [5, 5.41) is 16.9. The van der Waals surface area contributed by atoms with Crippen LogP contribution in [0.25, 0.3) is 11.3 Å². The third-order valence-corrected chi connectivity index (χ3v) is 4.87. The van der Waals surface area contributed by atoms with Gasteiger partial charge in [-0.1, -0.05) is 30.3 Å². The fourth-order valence-electron chi connectivity index (χ4n) is 3.66. The minimum absolute atomic E-state index is 0.0000485. The van der Waals surface area contributed by atoms with E-state index in [4.69, 9.17) is 5.11 Å². The van der Waals surface area contributed by atoms with Crippen LogP contribution in [0.5, 0.6) is 0 Å². The van der Waals surface area contributed by atoms with Crippen molar-refractivity contribution in [1.29, 1.82) is 0 Å². The highest BCUT2D eigenvalue weighted by atomic mass is 16.3. The number of benzene rings is 1. The smallest absolute Gasteiger partial charge is 0.270 e. The van der Waals surface area contributed by atoms with Gasteiger partial charge in [-0.15, -0.1) is 0 Å². The number of hydrogen-bond acceptors (Lipinski definition) is 4. The number of aliphatic hydroxyl groups is 1. The quantitative estimate of drug-likeness (QED) is 0.721. The third kappa shape index (κ3) is 3.11. The van der Waals surface area contributed by atoms with E-state index in [1.54, 1.807) is 0 Å². The van der Waals surface area contributed by atoms with Crippen molar-refractivity contribution >= 4 is 0 Å². The summed E-state index contributed by atoms with van der Waals surface area (Å²) in [7, 11) is 1.94. The van der Waals surface area contributed by atoms with Crippen LogP contribution in [0, 0.1) is 0 Å². The van der Waals surface area contributed by atoms with E-state index < -0.39 is 0 Å². The van der Waals surface area contributed by atoms with E-state index >= 15 is 0 Å². The van der Waals surface area contributed by atoms with Crippen LogP contribution < -0.4 is 5.56 Å². The molecule has 4 rings (SSSR count). The Labute approximate surface area is 151 Å². The van der Waals surface area contributed by atoms with Crippen LogP contribution >= 0.6 is 0 Å². The first-order valence-electron chi connectivity index (χ1n) is 8.87. The second kappa shape index (κ2) is 6.93. The molecule has 1 aliphatic heterocycles. The summed E-state index contributed by atoms with van der Waals surface area (Å²) < 4.78 is 3.36. The Morgan fingerprint density at radius 1 is 1.27 bits per heavy atom. The second-order valence-corrected chi connectivity index (χ2v) is 6.75. The first-order chi connectivity index (χ1) is 12.7. The number of aromatic amines is 1. The molecule has 0 bridgehead atoms. The average Bonchev–Trinajstić information content (AvgIpc) is 3.16. The summed E-state index contributed by atoms with van der Waals surface area (Å²) in [6.07, 6.45) is 2.79. The standard InChI is InChI=1S/C19H23N5O2/c1-22-11-15(18(21-22)14-5-3-2-4-6-14)12-23-8-7-16-17(13-23)20-24(9-10-25)19(16)26/h2-6,11,20,25H,7-10,12-13H2,1H3. The van der Waals surface area contributed by atoms with E-state index in [2.05, 4.69) is 33.4 Å². The van der Waals surface area contributed by atoms with Crippen LogP contribution in [-0.2, 0) is 33.1 Å². The molecule has 0 unspecified atom stereocenters. The SMILES string of the molecule is Cn1cc(CN2CCc3c([nH]n(CCO)c3=O)C2)c(-c2ccccc2)n1. The van der Waals surface area contributed by atoms with E-state index in [-0.39, 0.29) is 12.2 Å². The predicted octanol–water partition coefficient (Wildman–Crippen LogP) is 1.13. The number of rotatable bonds is 5. The van der Waals surface area contributed by atoms with Gasteiger partial charge < -0.3 is 5.11 Å². The fraction of sp³-hybridized carbons (Fsp3) is 0.368. The van der Waals surface area contributed by atoms with Crippen LogP contribution in [0.15, 0.2) is 41.3 Å². The Balaban J connectivity index is 1.56. The predicted molar refractivity (Wildman–Crippen MR) is 98.6 cm³/mol. The van der Waals surface area contributed by atoms with Gasteiger partial charge in [0.05, 0.1) is 24.5 Å². The van der Waals surface area contributed by atoms with Gasteiger partial charge in [-0.2, -0.15) is 5.10 Å². The van der Waals surface area contributed by atoms with E-state index in [0.717, 1.165) is 42.0 Å². The van der Waals surface area contributed by atoms with Crippen LogP contribution in [0.2, 0.25) is 0 Å². The first kappa shape index (κ1) is 16.8. The Hall–Kier alpha value is -2.64. The van der Waals surface area contributed by atoms with Crippen LogP contribution in [0.3, 0.4) is 0 Å². The molecule has 136 valence electrons. The molecule has 0 amide bonds. The molecule has 26 heavy (non-hydrogen) atoms. The monoisotopic (exact) mass is 353 g/mol. The van der Waals surface area contributed by atoms with Gasteiger partial charge in [-0.25, -0.2) is 0 Å². The maximum Gasteiger partial charge on any atom is 0.270 e. The summed E-state index contributed by atoms with van der Waals surface area (Å²) in [5.41, 5.74) is 5.11. The molecule has 1 aliphatic rings. The molecule has 3 aromatic rings. The Morgan fingerprint density at radius 3 is 2.85 bits per heavy atom. The zero-order chi connectivity index (χ0) is 18.1. The lowest BCUT2D eigenvalue weighted by Crippen LogP contribution is -2.31. The number of nitrogens with zero attached hydrogens (tertiary/aromatic N) is 4. The highest BCUT2D eigenvalue weighted by molar-refractivity contribution is 5.62. The molecule has 7 nitrogen and oxygen atoms in total. The summed E-state index contributed by atoms with van der Waals surface area (Å²) in [6, 6.07) is 10.2. The van der Waals surface area contributed by atoms with E-state index in [1.807, 2.05) is 29.9 Å². The summed E-state index contributed by atoms with van der Waals surface area (Å²) >= 11 is 0. The molecule has 0 saturated carbocycles. The molecule has 0 radical (unpaired) electrons. The number of aryl methyl sites for hydroxylation is 1. The number of hydrogen-bond donors (Lipinski definition) is 2. The minimum atomic E-state index is -0.0425. The molecule has 2 aromatic heterocycles. The van der Waals surface area contributed by atoms with Crippen LogP contribution in [0.4, 0.5) is 0 Å². The van der Waals surface area contributed by atoms with Crippen LogP contribution in [-0.4, -0.2) is 42.7 Å². The lowest BCUT2D eigenvalue weighted by Gasteiger charge is -2.25. The van der Waals surface area contributed by atoms with Crippen molar-refractivity contribution < 1.29 is 5.11 Å². The number of fused-ring (bicyclic) bond motifs is 1. The molecular weight excluding hydrogens is 330 g/mol. The maximum absolute atomic E-state index is 12.3. The number of H-pyrrole nitrogens is 1. The Kier molecular flexibility index (Phi) is 4.48. The van der Waals surface area contributed by atoms with Gasteiger partial charge >= 0.3 is 0 Å². The lowest BCUT2D eigenvalue weighted by molar-refractivity contribution is 0.241. The third-order valence-electron chi connectivity index (χ3n) is 4.87. The number of aliphatic hydroxyl groups excluding tert-OH is 1. The maximum atomic E-state index is 12.3. The van der Waals surface area contributed by atoms with Crippen molar-refractivity contribution in [2.75, 3.05) is 13.2 Å². The Bertz CT molecular complexity index is 954. The number of aromatic nitrogens is 4. The fourth-order valence-corrected chi connectivity index (χ4v) is 3.66. The molecule has 0 saturated heterocycles. The van der Waals surface area contributed by atoms with E-state index in [9.17, 15) is 4.79 Å². The molecule has 0 fully saturated rings. The zero-order valence-electron chi connectivity index (χ0n) is 14.9. The minimum Gasteiger partial charge on any atom is -0.394 e. The lowest BCUT2D eigenvalue weighted by atomic mass is 10.0.